The summed E-state index contributed by atoms with van der Waals surface area (Å²) >= 11 is 0. The van der Waals surface area contributed by atoms with Gasteiger partial charge < -0.3 is 14.8 Å². The Labute approximate surface area is 115 Å². The summed E-state index contributed by atoms with van der Waals surface area (Å²) in [6, 6.07) is 6.02. The Balaban J connectivity index is 2.15. The van der Waals surface area contributed by atoms with Crippen molar-refractivity contribution in [3.05, 3.63) is 57.5 Å². The highest BCUT2D eigenvalue weighted by atomic mass is 19.1. The largest absolute Gasteiger partial charge is 0.483 e. The average Bonchev–Trinajstić information content (AvgIpc) is 2.42. The molecule has 0 radical (unpaired) electrons. The van der Waals surface area contributed by atoms with E-state index in [2.05, 4.69) is 9.97 Å². The van der Waals surface area contributed by atoms with Crippen LogP contribution in [0.1, 0.15) is 17.1 Å². The highest BCUT2D eigenvalue weighted by Crippen LogP contribution is 2.16. The van der Waals surface area contributed by atoms with Crippen LogP contribution < -0.4 is 10.3 Å². The van der Waals surface area contributed by atoms with Gasteiger partial charge in [-0.2, -0.15) is 0 Å². The highest BCUT2D eigenvalue weighted by molar-refractivity contribution is 5.24. The van der Waals surface area contributed by atoms with Gasteiger partial charge in [-0.3, -0.25) is 4.79 Å². The van der Waals surface area contributed by atoms with Crippen LogP contribution in [0.5, 0.6) is 5.75 Å². The Morgan fingerprint density at radius 3 is 2.80 bits per heavy atom. The number of aliphatic hydroxyl groups is 1. The van der Waals surface area contributed by atoms with Crippen molar-refractivity contribution in [1.82, 2.24) is 9.97 Å². The molecule has 0 aliphatic rings. The minimum Gasteiger partial charge on any atom is -0.483 e. The Kier molecular flexibility index (Phi) is 4.47. The van der Waals surface area contributed by atoms with Gasteiger partial charge in [-0.1, -0.05) is 12.1 Å². The molecule has 0 aliphatic carbocycles. The molecule has 0 unspecified atom stereocenters. The van der Waals surface area contributed by atoms with Crippen molar-refractivity contribution in [3.63, 3.8) is 0 Å². The van der Waals surface area contributed by atoms with Crippen molar-refractivity contribution < 1.29 is 14.2 Å². The fourth-order valence-electron chi connectivity index (χ4n) is 1.85. The molecular formula is C14H15FN2O3. The number of nitrogens with zero attached hydrogens (tertiary/aromatic N) is 1. The summed E-state index contributed by atoms with van der Waals surface area (Å²) in [5.74, 6) is -0.0480. The van der Waals surface area contributed by atoms with Crippen LogP contribution in [0.4, 0.5) is 4.39 Å². The highest BCUT2D eigenvalue weighted by Gasteiger charge is 2.09. The maximum Gasteiger partial charge on any atom is 0.254 e. The maximum absolute atomic E-state index is 13.4. The number of hydrogen-bond acceptors (Lipinski definition) is 4. The third kappa shape index (κ3) is 3.21. The van der Waals surface area contributed by atoms with Crippen LogP contribution in [0, 0.1) is 12.7 Å². The molecule has 6 heteroatoms. The molecule has 106 valence electrons. The first-order valence-electron chi connectivity index (χ1n) is 6.18. The van der Waals surface area contributed by atoms with E-state index < -0.39 is 5.82 Å². The Bertz CT molecular complexity index is 655. The predicted molar refractivity (Wildman–Crippen MR) is 71.1 cm³/mol. The van der Waals surface area contributed by atoms with Gasteiger partial charge in [0, 0.05) is 24.3 Å². The van der Waals surface area contributed by atoms with Gasteiger partial charge in [0.2, 0.25) is 0 Å². The number of nitrogens with one attached hydrogen (secondary N) is 1. The standard InChI is InChI=1S/C14H15FN2O3/c1-9-10(6-7-18)14(19)17-13(16-9)8-20-12-5-3-2-4-11(12)15/h2-5,18H,6-8H2,1H3,(H,16,17,19). The molecule has 0 fully saturated rings. The summed E-state index contributed by atoms with van der Waals surface area (Å²) in [4.78, 5) is 18.5. The summed E-state index contributed by atoms with van der Waals surface area (Å²) in [7, 11) is 0. The van der Waals surface area contributed by atoms with Crippen molar-refractivity contribution in [2.45, 2.75) is 20.0 Å². The number of aromatic nitrogens is 2. The smallest absolute Gasteiger partial charge is 0.254 e. The number of aliphatic hydroxyl groups excluding tert-OH is 1. The van der Waals surface area contributed by atoms with Gasteiger partial charge in [0.1, 0.15) is 12.4 Å². The van der Waals surface area contributed by atoms with E-state index in [0.29, 0.717) is 17.1 Å². The third-order valence-corrected chi connectivity index (χ3v) is 2.83. The lowest BCUT2D eigenvalue weighted by molar-refractivity contribution is 0.279. The van der Waals surface area contributed by atoms with Crippen molar-refractivity contribution in [3.8, 4) is 5.75 Å². The minimum absolute atomic E-state index is 0.0313. The lowest BCUT2D eigenvalue weighted by Gasteiger charge is -2.08. The van der Waals surface area contributed by atoms with Gasteiger partial charge in [-0.05, 0) is 19.1 Å². The molecule has 2 aromatic rings. The summed E-state index contributed by atoms with van der Waals surface area (Å²) in [5, 5.41) is 8.87. The van der Waals surface area contributed by atoms with Crippen LogP contribution in [0.3, 0.4) is 0 Å². The number of H-pyrrole nitrogens is 1. The van der Waals surface area contributed by atoms with Crippen molar-refractivity contribution in [1.29, 1.82) is 0 Å². The number of halogens is 1. The molecule has 5 nitrogen and oxygen atoms in total. The summed E-state index contributed by atoms with van der Waals surface area (Å²) < 4.78 is 18.6. The van der Waals surface area contributed by atoms with E-state index in [9.17, 15) is 9.18 Å². The van der Waals surface area contributed by atoms with Gasteiger partial charge in [0.05, 0.1) is 0 Å². The number of para-hydroxylation sites is 1. The van der Waals surface area contributed by atoms with E-state index >= 15 is 0 Å². The van der Waals surface area contributed by atoms with E-state index in [-0.39, 0.29) is 30.9 Å². The van der Waals surface area contributed by atoms with Crippen LogP contribution >= 0.6 is 0 Å². The summed E-state index contributed by atoms with van der Waals surface area (Å²) in [6.45, 7) is 1.54. The van der Waals surface area contributed by atoms with E-state index in [4.69, 9.17) is 9.84 Å². The molecule has 0 atom stereocenters. The Morgan fingerprint density at radius 2 is 2.15 bits per heavy atom. The fourth-order valence-corrected chi connectivity index (χ4v) is 1.85. The molecule has 20 heavy (non-hydrogen) atoms. The zero-order chi connectivity index (χ0) is 14.5. The second kappa shape index (κ2) is 6.29. The number of aryl methyl sites for hydroxylation is 1. The fraction of sp³-hybridized carbons (Fsp3) is 0.286. The molecule has 1 aromatic carbocycles. The van der Waals surface area contributed by atoms with Gasteiger partial charge in [0.15, 0.2) is 11.6 Å². The first-order chi connectivity index (χ1) is 9.61. The zero-order valence-electron chi connectivity index (χ0n) is 11.0. The Morgan fingerprint density at radius 1 is 1.40 bits per heavy atom. The SMILES string of the molecule is Cc1nc(COc2ccccc2F)[nH]c(=O)c1CCO. The Hall–Kier alpha value is -2.21. The summed E-state index contributed by atoms with van der Waals surface area (Å²) in [6.07, 6.45) is 0.253. The van der Waals surface area contributed by atoms with Gasteiger partial charge in [-0.15, -0.1) is 0 Å². The maximum atomic E-state index is 13.4. The molecule has 0 saturated carbocycles. The van der Waals surface area contributed by atoms with E-state index in [1.165, 1.54) is 12.1 Å². The van der Waals surface area contributed by atoms with Crippen molar-refractivity contribution >= 4 is 0 Å². The van der Waals surface area contributed by atoms with Crippen LogP contribution in [0.15, 0.2) is 29.1 Å². The van der Waals surface area contributed by atoms with Gasteiger partial charge in [0.25, 0.3) is 5.56 Å². The predicted octanol–water partition coefficient (Wildman–Crippen LogP) is 1.33. The summed E-state index contributed by atoms with van der Waals surface area (Å²) in [5.41, 5.74) is 0.677. The van der Waals surface area contributed by atoms with Crippen molar-refractivity contribution in [2.75, 3.05) is 6.61 Å². The zero-order valence-corrected chi connectivity index (χ0v) is 11.0. The molecule has 0 amide bonds. The number of aromatic amines is 1. The molecule has 1 heterocycles. The average molecular weight is 278 g/mol. The van der Waals surface area contributed by atoms with Crippen LogP contribution in [0.25, 0.3) is 0 Å². The van der Waals surface area contributed by atoms with Gasteiger partial charge >= 0.3 is 0 Å². The molecule has 0 aliphatic heterocycles. The first kappa shape index (κ1) is 14.2. The molecule has 2 N–H and O–H groups in total. The minimum atomic E-state index is -0.469. The molecule has 0 spiro atoms. The number of benzene rings is 1. The number of ether oxygens (including phenoxy) is 1. The first-order valence-corrected chi connectivity index (χ1v) is 6.18. The lowest BCUT2D eigenvalue weighted by atomic mass is 10.2. The molecule has 1 aromatic heterocycles. The molecular weight excluding hydrogens is 263 g/mol. The number of hydrogen-bond donors (Lipinski definition) is 2. The lowest BCUT2D eigenvalue weighted by Crippen LogP contribution is -2.21. The van der Waals surface area contributed by atoms with E-state index in [1.807, 2.05) is 0 Å². The van der Waals surface area contributed by atoms with Crippen LogP contribution in [0.2, 0.25) is 0 Å². The second-order valence-corrected chi connectivity index (χ2v) is 4.27. The quantitative estimate of drug-likeness (QED) is 0.865. The topological polar surface area (TPSA) is 75.2 Å². The van der Waals surface area contributed by atoms with Crippen LogP contribution in [-0.2, 0) is 13.0 Å². The molecule has 0 saturated heterocycles. The van der Waals surface area contributed by atoms with Crippen LogP contribution in [-0.4, -0.2) is 21.7 Å². The molecule has 2 rings (SSSR count). The monoisotopic (exact) mass is 278 g/mol. The van der Waals surface area contributed by atoms with Gasteiger partial charge in [-0.25, -0.2) is 9.37 Å². The second-order valence-electron chi connectivity index (χ2n) is 4.27. The third-order valence-electron chi connectivity index (χ3n) is 2.83. The van der Waals surface area contributed by atoms with E-state index in [0.717, 1.165) is 0 Å². The normalized spacial score (nSPS) is 10.6. The van der Waals surface area contributed by atoms with Crippen molar-refractivity contribution in [2.24, 2.45) is 0 Å². The number of rotatable bonds is 5. The molecule has 0 bridgehead atoms. The van der Waals surface area contributed by atoms with E-state index in [1.54, 1.807) is 19.1 Å².